The monoisotopic (exact) mass is 304 g/mol. The summed E-state index contributed by atoms with van der Waals surface area (Å²) < 4.78 is 0. The lowest BCUT2D eigenvalue weighted by atomic mass is 9.98. The molecule has 3 heterocycles. The van der Waals surface area contributed by atoms with E-state index in [0.29, 0.717) is 13.0 Å². The van der Waals surface area contributed by atoms with Crippen molar-refractivity contribution < 1.29 is 9.59 Å². The van der Waals surface area contributed by atoms with Gasteiger partial charge in [-0.15, -0.1) is 0 Å². The smallest absolute Gasteiger partial charge is 0.240 e. The molecule has 6 heteroatoms. The molecule has 0 saturated carbocycles. The van der Waals surface area contributed by atoms with Gasteiger partial charge in [0.25, 0.3) is 0 Å². The van der Waals surface area contributed by atoms with Gasteiger partial charge in [-0.2, -0.15) is 5.26 Å². The van der Waals surface area contributed by atoms with E-state index in [2.05, 4.69) is 11.4 Å². The molecule has 6 nitrogen and oxygen atoms in total. The molecule has 0 radical (unpaired) electrons. The summed E-state index contributed by atoms with van der Waals surface area (Å²) in [5.74, 6) is 0.0638. The van der Waals surface area contributed by atoms with Crippen LogP contribution >= 0.6 is 0 Å². The van der Waals surface area contributed by atoms with Crippen molar-refractivity contribution >= 4 is 11.8 Å². The van der Waals surface area contributed by atoms with Crippen LogP contribution in [0.2, 0.25) is 0 Å². The van der Waals surface area contributed by atoms with E-state index in [4.69, 9.17) is 5.26 Å². The number of carbonyl (C=O) groups is 2. The van der Waals surface area contributed by atoms with Crippen LogP contribution in [0.5, 0.6) is 0 Å². The summed E-state index contributed by atoms with van der Waals surface area (Å²) in [6, 6.07) is 1.62. The predicted octanol–water partition coefficient (Wildman–Crippen LogP) is 0.490. The largest absolute Gasteiger partial charge is 0.342 e. The van der Waals surface area contributed by atoms with Crippen molar-refractivity contribution in [3.05, 3.63) is 0 Å². The summed E-state index contributed by atoms with van der Waals surface area (Å²) in [7, 11) is 0. The average Bonchev–Trinajstić information content (AvgIpc) is 3.25. The number of carbonyl (C=O) groups excluding carboxylic acids is 2. The standard InChI is InChI=1S/C16H24N4O2/c1-11-13(15(21)19-6-2-3-7-19)9-14(18-11)16(22)20-8-4-5-12(20)10-17/h11-14,18H,2-9H2,1H3/t11-,12-,13-,14-/m0/s1. The first-order valence-electron chi connectivity index (χ1n) is 8.36. The fourth-order valence-electron chi connectivity index (χ4n) is 3.98. The Hall–Kier alpha value is -1.61. The molecular weight excluding hydrogens is 280 g/mol. The van der Waals surface area contributed by atoms with Crippen molar-refractivity contribution in [3.63, 3.8) is 0 Å². The first kappa shape index (κ1) is 15.3. The summed E-state index contributed by atoms with van der Waals surface area (Å²) >= 11 is 0. The number of nitrogens with one attached hydrogen (secondary N) is 1. The third-order valence-electron chi connectivity index (χ3n) is 5.28. The third kappa shape index (κ3) is 2.70. The minimum atomic E-state index is -0.319. The van der Waals surface area contributed by atoms with Crippen molar-refractivity contribution in [2.45, 2.75) is 57.2 Å². The molecule has 120 valence electrons. The van der Waals surface area contributed by atoms with Crippen LogP contribution in [-0.2, 0) is 9.59 Å². The zero-order chi connectivity index (χ0) is 15.7. The van der Waals surface area contributed by atoms with Gasteiger partial charge in [0, 0.05) is 25.7 Å². The van der Waals surface area contributed by atoms with E-state index in [-0.39, 0.29) is 35.9 Å². The van der Waals surface area contributed by atoms with Crippen molar-refractivity contribution in [1.29, 1.82) is 5.26 Å². The molecule has 0 unspecified atom stereocenters. The number of rotatable bonds is 2. The molecular formula is C16H24N4O2. The Labute approximate surface area is 131 Å². The zero-order valence-electron chi connectivity index (χ0n) is 13.1. The maximum Gasteiger partial charge on any atom is 0.240 e. The van der Waals surface area contributed by atoms with Crippen LogP contribution in [0.1, 0.15) is 39.0 Å². The number of hydrogen-bond acceptors (Lipinski definition) is 4. The highest BCUT2D eigenvalue weighted by Crippen LogP contribution is 2.27. The lowest BCUT2D eigenvalue weighted by Gasteiger charge is -2.23. The van der Waals surface area contributed by atoms with Gasteiger partial charge < -0.3 is 15.1 Å². The molecule has 3 fully saturated rings. The Morgan fingerprint density at radius 1 is 1.14 bits per heavy atom. The molecule has 22 heavy (non-hydrogen) atoms. The lowest BCUT2D eigenvalue weighted by molar-refractivity contribution is -0.134. The summed E-state index contributed by atoms with van der Waals surface area (Å²) in [5.41, 5.74) is 0. The van der Waals surface area contributed by atoms with Gasteiger partial charge >= 0.3 is 0 Å². The Balaban J connectivity index is 1.64. The molecule has 3 rings (SSSR count). The molecule has 1 N–H and O–H groups in total. The highest BCUT2D eigenvalue weighted by molar-refractivity contribution is 5.86. The van der Waals surface area contributed by atoms with Crippen molar-refractivity contribution in [3.8, 4) is 6.07 Å². The van der Waals surface area contributed by atoms with Crippen LogP contribution in [0, 0.1) is 17.2 Å². The number of likely N-dealkylation sites (tertiary alicyclic amines) is 2. The van der Waals surface area contributed by atoms with Gasteiger partial charge in [0.15, 0.2) is 0 Å². The van der Waals surface area contributed by atoms with Gasteiger partial charge in [-0.25, -0.2) is 0 Å². The van der Waals surface area contributed by atoms with Crippen LogP contribution in [0.15, 0.2) is 0 Å². The Morgan fingerprint density at radius 3 is 2.55 bits per heavy atom. The fraction of sp³-hybridized carbons (Fsp3) is 0.812. The molecule has 0 aromatic rings. The first-order valence-corrected chi connectivity index (χ1v) is 8.36. The number of nitriles is 1. The average molecular weight is 304 g/mol. The normalized spacial score (nSPS) is 34.9. The highest BCUT2D eigenvalue weighted by Gasteiger charge is 2.43. The molecule has 0 bridgehead atoms. The molecule has 0 spiro atoms. The Morgan fingerprint density at radius 2 is 1.86 bits per heavy atom. The first-order chi connectivity index (χ1) is 10.6. The fourth-order valence-corrected chi connectivity index (χ4v) is 3.98. The van der Waals surface area contributed by atoms with E-state index in [0.717, 1.165) is 38.8 Å². The predicted molar refractivity (Wildman–Crippen MR) is 80.7 cm³/mol. The Kier molecular flexibility index (Phi) is 4.34. The quantitative estimate of drug-likeness (QED) is 0.805. The summed E-state index contributed by atoms with van der Waals surface area (Å²) in [6.45, 7) is 4.35. The number of nitrogens with zero attached hydrogens (tertiary/aromatic N) is 3. The number of amides is 2. The summed E-state index contributed by atoms with van der Waals surface area (Å²) in [6.07, 6.45) is 4.38. The SMILES string of the molecule is C[C@@H]1N[C@H](C(=O)N2CCC[C@H]2C#N)C[C@@H]1C(=O)N1CCCC1. The van der Waals surface area contributed by atoms with Gasteiger partial charge in [0.05, 0.1) is 18.0 Å². The molecule has 0 aromatic heterocycles. The van der Waals surface area contributed by atoms with Crippen LogP contribution in [0.3, 0.4) is 0 Å². The second-order valence-electron chi connectivity index (χ2n) is 6.70. The van der Waals surface area contributed by atoms with Crippen LogP contribution in [0.25, 0.3) is 0 Å². The van der Waals surface area contributed by atoms with Gasteiger partial charge in [0.1, 0.15) is 6.04 Å². The second kappa shape index (κ2) is 6.25. The van der Waals surface area contributed by atoms with Gasteiger partial charge in [-0.3, -0.25) is 9.59 Å². The van der Waals surface area contributed by atoms with Crippen LogP contribution < -0.4 is 5.32 Å². The summed E-state index contributed by atoms with van der Waals surface area (Å²) in [5, 5.41) is 12.4. The minimum Gasteiger partial charge on any atom is -0.342 e. The molecule has 0 aromatic carbocycles. The molecule has 0 aliphatic carbocycles. The van der Waals surface area contributed by atoms with Crippen LogP contribution in [-0.4, -0.2) is 59.4 Å². The lowest BCUT2D eigenvalue weighted by Crippen LogP contribution is -2.46. The van der Waals surface area contributed by atoms with E-state index in [1.54, 1.807) is 4.90 Å². The molecule has 3 aliphatic heterocycles. The minimum absolute atomic E-state index is 0.00683. The van der Waals surface area contributed by atoms with E-state index in [9.17, 15) is 9.59 Å². The second-order valence-corrected chi connectivity index (χ2v) is 6.70. The van der Waals surface area contributed by atoms with Crippen molar-refractivity contribution in [2.75, 3.05) is 19.6 Å². The maximum absolute atomic E-state index is 12.6. The van der Waals surface area contributed by atoms with E-state index < -0.39 is 0 Å². The topological polar surface area (TPSA) is 76.4 Å². The third-order valence-corrected chi connectivity index (χ3v) is 5.28. The molecule has 2 amide bonds. The number of hydrogen-bond donors (Lipinski definition) is 1. The van der Waals surface area contributed by atoms with Gasteiger partial charge in [0.2, 0.25) is 11.8 Å². The van der Waals surface area contributed by atoms with Gasteiger partial charge in [-0.1, -0.05) is 0 Å². The van der Waals surface area contributed by atoms with E-state index in [1.807, 2.05) is 11.8 Å². The Bertz CT molecular complexity index is 495. The van der Waals surface area contributed by atoms with Crippen molar-refractivity contribution in [1.82, 2.24) is 15.1 Å². The van der Waals surface area contributed by atoms with Crippen LogP contribution in [0.4, 0.5) is 0 Å². The molecule has 3 saturated heterocycles. The highest BCUT2D eigenvalue weighted by atomic mass is 16.2. The van der Waals surface area contributed by atoms with Gasteiger partial charge in [-0.05, 0) is 39.0 Å². The molecule has 4 atom stereocenters. The van der Waals surface area contributed by atoms with Crippen molar-refractivity contribution in [2.24, 2.45) is 5.92 Å². The van der Waals surface area contributed by atoms with E-state index in [1.165, 1.54) is 0 Å². The molecule has 3 aliphatic rings. The zero-order valence-corrected chi connectivity index (χ0v) is 13.1. The van der Waals surface area contributed by atoms with E-state index >= 15 is 0 Å². The maximum atomic E-state index is 12.6. The summed E-state index contributed by atoms with van der Waals surface area (Å²) in [4.78, 5) is 28.8.